The summed E-state index contributed by atoms with van der Waals surface area (Å²) in [6.07, 6.45) is 8.13. The standard InChI is InChI=1S/C18H28O3S/c1-3-4-5-6-12-22-14-9-10-18(2,16(19)13-14)17(20)15-8-7-11-21-15/h7-8,11,14,17,20H,3-6,9-10,12-13H2,1-2H3. The number of aliphatic hydroxyl groups excluding tert-OH is 1. The van der Waals surface area contributed by atoms with Crippen LogP contribution in [0, 0.1) is 5.41 Å². The van der Waals surface area contributed by atoms with Gasteiger partial charge in [-0.1, -0.05) is 26.2 Å². The molecule has 0 amide bonds. The van der Waals surface area contributed by atoms with Crippen molar-refractivity contribution in [3.05, 3.63) is 24.2 Å². The molecule has 0 aliphatic heterocycles. The number of aliphatic hydroxyl groups is 1. The fraction of sp³-hybridized carbons (Fsp3) is 0.722. The molecule has 124 valence electrons. The van der Waals surface area contributed by atoms with Gasteiger partial charge in [0.2, 0.25) is 0 Å². The van der Waals surface area contributed by atoms with Crippen molar-refractivity contribution in [1.29, 1.82) is 0 Å². The van der Waals surface area contributed by atoms with Crippen LogP contribution in [0.4, 0.5) is 0 Å². The zero-order valence-corrected chi connectivity index (χ0v) is 14.5. The maximum atomic E-state index is 12.6. The maximum absolute atomic E-state index is 12.6. The lowest BCUT2D eigenvalue weighted by Crippen LogP contribution is -2.40. The van der Waals surface area contributed by atoms with E-state index in [2.05, 4.69) is 6.92 Å². The van der Waals surface area contributed by atoms with Crippen LogP contribution in [0.1, 0.15) is 70.7 Å². The first kappa shape index (κ1) is 17.6. The van der Waals surface area contributed by atoms with Crippen molar-refractivity contribution < 1.29 is 14.3 Å². The minimum absolute atomic E-state index is 0.175. The highest BCUT2D eigenvalue weighted by molar-refractivity contribution is 7.99. The Hall–Kier alpha value is -0.740. The van der Waals surface area contributed by atoms with E-state index in [-0.39, 0.29) is 5.78 Å². The first-order valence-corrected chi connectivity index (χ1v) is 9.49. The smallest absolute Gasteiger partial charge is 0.142 e. The van der Waals surface area contributed by atoms with Gasteiger partial charge in [0.15, 0.2) is 0 Å². The molecule has 1 aliphatic carbocycles. The van der Waals surface area contributed by atoms with Crippen LogP contribution in [0.5, 0.6) is 0 Å². The second-order valence-electron chi connectivity index (χ2n) is 6.55. The highest BCUT2D eigenvalue weighted by atomic mass is 32.2. The number of ketones is 1. The summed E-state index contributed by atoms with van der Waals surface area (Å²) in [5.41, 5.74) is -0.697. The van der Waals surface area contributed by atoms with E-state index in [9.17, 15) is 9.90 Å². The fourth-order valence-electron chi connectivity index (χ4n) is 3.11. The Labute approximate surface area is 137 Å². The van der Waals surface area contributed by atoms with E-state index in [1.807, 2.05) is 18.7 Å². The molecule has 1 aromatic heterocycles. The molecule has 0 saturated heterocycles. The molecule has 0 spiro atoms. The fourth-order valence-corrected chi connectivity index (χ4v) is 4.37. The monoisotopic (exact) mass is 324 g/mol. The third kappa shape index (κ3) is 4.17. The topological polar surface area (TPSA) is 50.4 Å². The molecular formula is C18H28O3S. The van der Waals surface area contributed by atoms with Crippen molar-refractivity contribution in [2.75, 3.05) is 5.75 Å². The number of carbonyl (C=O) groups excluding carboxylic acids is 1. The Morgan fingerprint density at radius 1 is 1.45 bits per heavy atom. The number of Topliss-reactive ketones (excluding diaryl/α,β-unsaturated/α-hetero) is 1. The zero-order chi connectivity index (χ0) is 16.0. The van der Waals surface area contributed by atoms with Crippen molar-refractivity contribution in [2.45, 2.75) is 70.1 Å². The number of furan rings is 1. The molecule has 1 fully saturated rings. The molecule has 4 heteroatoms. The molecule has 3 unspecified atom stereocenters. The summed E-state index contributed by atoms with van der Waals surface area (Å²) in [7, 11) is 0. The molecule has 22 heavy (non-hydrogen) atoms. The first-order chi connectivity index (χ1) is 10.6. The Kier molecular flexibility index (Phi) is 6.57. The van der Waals surface area contributed by atoms with Crippen molar-refractivity contribution in [1.82, 2.24) is 0 Å². The molecule has 3 atom stereocenters. The van der Waals surface area contributed by atoms with Crippen LogP contribution in [-0.4, -0.2) is 21.9 Å². The summed E-state index contributed by atoms with van der Waals surface area (Å²) in [4.78, 5) is 12.6. The average Bonchev–Trinajstić information content (AvgIpc) is 3.04. The van der Waals surface area contributed by atoms with Gasteiger partial charge in [-0.25, -0.2) is 0 Å². The second-order valence-corrected chi connectivity index (χ2v) is 7.96. The van der Waals surface area contributed by atoms with Crippen molar-refractivity contribution in [3.63, 3.8) is 0 Å². The summed E-state index contributed by atoms with van der Waals surface area (Å²) in [5, 5.41) is 10.9. The van der Waals surface area contributed by atoms with Gasteiger partial charge in [-0.15, -0.1) is 0 Å². The van der Waals surface area contributed by atoms with E-state index in [0.29, 0.717) is 17.4 Å². The van der Waals surface area contributed by atoms with Crippen LogP contribution in [0.2, 0.25) is 0 Å². The van der Waals surface area contributed by atoms with Crippen LogP contribution < -0.4 is 0 Å². The summed E-state index contributed by atoms with van der Waals surface area (Å²) in [6, 6.07) is 3.50. The highest BCUT2D eigenvalue weighted by Crippen LogP contribution is 2.45. The van der Waals surface area contributed by atoms with Gasteiger partial charge in [0.25, 0.3) is 0 Å². The molecule has 1 aliphatic rings. The van der Waals surface area contributed by atoms with E-state index in [1.165, 1.54) is 25.7 Å². The molecule has 1 aromatic rings. The van der Waals surface area contributed by atoms with Gasteiger partial charge in [-0.05, 0) is 44.1 Å². The van der Waals surface area contributed by atoms with Crippen LogP contribution in [0.15, 0.2) is 22.8 Å². The predicted molar refractivity (Wildman–Crippen MR) is 91.0 cm³/mol. The Balaban J connectivity index is 1.83. The molecule has 2 rings (SSSR count). The normalized spacial score (nSPS) is 27.0. The van der Waals surface area contributed by atoms with Crippen LogP contribution in [-0.2, 0) is 4.79 Å². The first-order valence-electron chi connectivity index (χ1n) is 8.44. The van der Waals surface area contributed by atoms with Gasteiger partial charge in [-0.3, -0.25) is 4.79 Å². The SMILES string of the molecule is CCCCCCSC1CCC(C)(C(O)c2ccco2)C(=O)C1. The van der Waals surface area contributed by atoms with Gasteiger partial charge < -0.3 is 9.52 Å². The summed E-state index contributed by atoms with van der Waals surface area (Å²) < 4.78 is 5.28. The van der Waals surface area contributed by atoms with Gasteiger partial charge in [0.05, 0.1) is 11.7 Å². The number of unbranched alkanes of at least 4 members (excludes halogenated alkanes) is 3. The average molecular weight is 324 g/mol. The highest BCUT2D eigenvalue weighted by Gasteiger charge is 2.45. The zero-order valence-electron chi connectivity index (χ0n) is 13.7. The number of rotatable bonds is 8. The summed E-state index contributed by atoms with van der Waals surface area (Å²) in [5.74, 6) is 1.82. The molecule has 0 radical (unpaired) electrons. The molecule has 1 heterocycles. The third-order valence-corrected chi connectivity index (χ3v) is 6.20. The minimum Gasteiger partial charge on any atom is -0.467 e. The van der Waals surface area contributed by atoms with Crippen molar-refractivity contribution in [2.24, 2.45) is 5.41 Å². The molecule has 1 saturated carbocycles. The second kappa shape index (κ2) is 8.21. The van der Waals surface area contributed by atoms with Gasteiger partial charge in [-0.2, -0.15) is 11.8 Å². The molecular weight excluding hydrogens is 296 g/mol. The Morgan fingerprint density at radius 2 is 2.27 bits per heavy atom. The summed E-state index contributed by atoms with van der Waals surface area (Å²) in [6.45, 7) is 4.10. The quantitative estimate of drug-likeness (QED) is 0.701. The van der Waals surface area contributed by atoms with Crippen LogP contribution in [0.3, 0.4) is 0 Å². The predicted octanol–water partition coefficient (Wildman–Crippen LogP) is 4.75. The Morgan fingerprint density at radius 3 is 2.91 bits per heavy atom. The maximum Gasteiger partial charge on any atom is 0.142 e. The number of hydrogen-bond acceptors (Lipinski definition) is 4. The number of carbonyl (C=O) groups is 1. The summed E-state index contributed by atoms with van der Waals surface area (Å²) >= 11 is 1.94. The van der Waals surface area contributed by atoms with Crippen LogP contribution in [0.25, 0.3) is 0 Å². The van der Waals surface area contributed by atoms with E-state index in [4.69, 9.17) is 4.42 Å². The van der Waals surface area contributed by atoms with Crippen LogP contribution >= 0.6 is 11.8 Å². The van der Waals surface area contributed by atoms with E-state index < -0.39 is 11.5 Å². The van der Waals surface area contributed by atoms with Gasteiger partial charge in [0.1, 0.15) is 17.6 Å². The van der Waals surface area contributed by atoms with E-state index in [1.54, 1.807) is 18.4 Å². The third-order valence-electron chi connectivity index (χ3n) is 4.80. The lowest BCUT2D eigenvalue weighted by Gasteiger charge is -2.38. The molecule has 1 N–H and O–H groups in total. The molecule has 3 nitrogen and oxygen atoms in total. The number of thioether (sulfide) groups is 1. The van der Waals surface area contributed by atoms with Gasteiger partial charge in [0, 0.05) is 11.7 Å². The van der Waals surface area contributed by atoms with Crippen molar-refractivity contribution >= 4 is 17.5 Å². The number of hydrogen-bond donors (Lipinski definition) is 1. The lowest BCUT2D eigenvalue weighted by atomic mass is 9.70. The Bertz CT molecular complexity index is 457. The van der Waals surface area contributed by atoms with Gasteiger partial charge >= 0.3 is 0 Å². The van der Waals surface area contributed by atoms with E-state index in [0.717, 1.165) is 18.6 Å². The molecule has 0 bridgehead atoms. The lowest BCUT2D eigenvalue weighted by molar-refractivity contribution is -0.138. The largest absolute Gasteiger partial charge is 0.467 e. The molecule has 0 aromatic carbocycles. The van der Waals surface area contributed by atoms with Crippen molar-refractivity contribution in [3.8, 4) is 0 Å². The van der Waals surface area contributed by atoms with E-state index >= 15 is 0 Å². The minimum atomic E-state index is -0.828.